The van der Waals surface area contributed by atoms with Gasteiger partial charge in [-0.05, 0) is 6.92 Å². The molecular weight excluding hydrogens is 246 g/mol. The quantitative estimate of drug-likeness (QED) is 0.760. The third kappa shape index (κ3) is 3.39. The first kappa shape index (κ1) is 15.8. The number of hydrogen-bond donors (Lipinski definition) is 3. The molecule has 17 heavy (non-hydrogen) atoms. The van der Waals surface area contributed by atoms with Crippen molar-refractivity contribution in [3.63, 3.8) is 0 Å². The first-order valence-corrected chi connectivity index (χ1v) is 4.89. The minimum Gasteiger partial charge on any atom is -0.507 e. The van der Waals surface area contributed by atoms with E-state index in [2.05, 4.69) is 0 Å². The van der Waals surface area contributed by atoms with Crippen LogP contribution in [0.4, 0.5) is 0 Å². The molecule has 4 N–H and O–H groups in total. The highest BCUT2D eigenvalue weighted by Gasteiger charge is 2.21. The van der Waals surface area contributed by atoms with Crippen LogP contribution in [0.2, 0.25) is 0 Å². The van der Waals surface area contributed by atoms with E-state index < -0.39 is 12.1 Å². The number of nitrogens with two attached hydrogens (primary N) is 1. The van der Waals surface area contributed by atoms with Gasteiger partial charge in [0, 0.05) is 12.1 Å². The van der Waals surface area contributed by atoms with Gasteiger partial charge in [-0.25, -0.2) is 0 Å². The zero-order chi connectivity index (χ0) is 12.3. The second kappa shape index (κ2) is 6.54. The van der Waals surface area contributed by atoms with Crippen molar-refractivity contribution in [3.05, 3.63) is 17.7 Å². The molecule has 0 fully saturated rings. The lowest BCUT2D eigenvalue weighted by atomic mass is 10.0. The first-order chi connectivity index (χ1) is 7.51. The summed E-state index contributed by atoms with van der Waals surface area (Å²) in [6.07, 6.45) is -0.784. The maximum absolute atomic E-state index is 9.80. The van der Waals surface area contributed by atoms with Crippen LogP contribution in [-0.2, 0) is 0 Å². The van der Waals surface area contributed by atoms with E-state index in [-0.39, 0.29) is 18.2 Å². The number of phenols is 1. The fourth-order valence-electron chi connectivity index (χ4n) is 1.45. The molecular formula is C11H18ClNO4. The summed E-state index contributed by atoms with van der Waals surface area (Å²) in [6.45, 7) is 1.55. The summed E-state index contributed by atoms with van der Waals surface area (Å²) in [4.78, 5) is 0. The Balaban J connectivity index is 0.00000256. The van der Waals surface area contributed by atoms with Gasteiger partial charge in [0.2, 0.25) is 0 Å². The van der Waals surface area contributed by atoms with E-state index in [4.69, 9.17) is 15.2 Å². The third-order valence-corrected chi connectivity index (χ3v) is 2.40. The number of aliphatic hydroxyl groups is 1. The summed E-state index contributed by atoms with van der Waals surface area (Å²) >= 11 is 0. The second-order valence-corrected chi connectivity index (χ2v) is 3.53. The van der Waals surface area contributed by atoms with Gasteiger partial charge in [-0.3, -0.25) is 0 Å². The molecule has 0 bridgehead atoms. The minimum absolute atomic E-state index is 0. The Morgan fingerprint density at radius 3 is 2.24 bits per heavy atom. The molecule has 98 valence electrons. The van der Waals surface area contributed by atoms with Crippen molar-refractivity contribution in [1.82, 2.24) is 0 Å². The number of rotatable bonds is 4. The molecule has 5 nitrogen and oxygen atoms in total. The molecule has 0 spiro atoms. The van der Waals surface area contributed by atoms with Gasteiger partial charge in [0.05, 0.1) is 31.9 Å². The zero-order valence-corrected chi connectivity index (χ0v) is 10.8. The van der Waals surface area contributed by atoms with E-state index in [1.54, 1.807) is 13.0 Å². The molecule has 0 radical (unpaired) electrons. The number of aromatic hydroxyl groups is 1. The highest BCUT2D eigenvalue weighted by atomic mass is 35.5. The summed E-state index contributed by atoms with van der Waals surface area (Å²) < 4.78 is 10.1. The molecule has 0 heterocycles. The zero-order valence-electron chi connectivity index (χ0n) is 10.0. The molecule has 0 saturated carbocycles. The maximum atomic E-state index is 9.80. The van der Waals surface area contributed by atoms with Crippen LogP contribution in [0, 0.1) is 0 Å². The number of methoxy groups -OCH3 is 2. The summed E-state index contributed by atoms with van der Waals surface area (Å²) in [7, 11) is 2.95. The average molecular weight is 264 g/mol. The van der Waals surface area contributed by atoms with E-state index in [0.717, 1.165) is 0 Å². The van der Waals surface area contributed by atoms with Gasteiger partial charge < -0.3 is 25.4 Å². The van der Waals surface area contributed by atoms with Gasteiger partial charge in [0.1, 0.15) is 17.2 Å². The molecule has 0 saturated heterocycles. The van der Waals surface area contributed by atoms with Crippen molar-refractivity contribution in [1.29, 1.82) is 0 Å². The lowest BCUT2D eigenvalue weighted by Crippen LogP contribution is -2.23. The predicted molar refractivity (Wildman–Crippen MR) is 67.1 cm³/mol. The van der Waals surface area contributed by atoms with Crippen LogP contribution in [0.3, 0.4) is 0 Å². The second-order valence-electron chi connectivity index (χ2n) is 3.53. The lowest BCUT2D eigenvalue weighted by Gasteiger charge is -2.20. The van der Waals surface area contributed by atoms with Crippen molar-refractivity contribution < 1.29 is 19.7 Å². The number of hydrogen-bond acceptors (Lipinski definition) is 5. The SMILES string of the molecule is COc1cc(O)c([C@@H](N)[C@H](C)O)c(OC)c1.Cl. The van der Waals surface area contributed by atoms with Crippen molar-refractivity contribution in [2.24, 2.45) is 5.73 Å². The van der Waals surface area contributed by atoms with Crippen molar-refractivity contribution in [2.45, 2.75) is 19.1 Å². The summed E-state index contributed by atoms with van der Waals surface area (Å²) in [6, 6.07) is 2.33. The van der Waals surface area contributed by atoms with Gasteiger partial charge in [-0.1, -0.05) is 0 Å². The number of aliphatic hydroxyl groups excluding tert-OH is 1. The molecule has 2 atom stereocenters. The van der Waals surface area contributed by atoms with E-state index in [1.807, 2.05) is 0 Å². The van der Waals surface area contributed by atoms with Gasteiger partial charge in [0.15, 0.2) is 0 Å². The molecule has 1 aromatic rings. The molecule has 0 aliphatic carbocycles. The van der Waals surface area contributed by atoms with Gasteiger partial charge in [-0.2, -0.15) is 0 Å². The maximum Gasteiger partial charge on any atom is 0.131 e. The molecule has 6 heteroatoms. The Morgan fingerprint density at radius 1 is 1.24 bits per heavy atom. The number of phenolic OH excluding ortho intramolecular Hbond substituents is 1. The monoisotopic (exact) mass is 263 g/mol. The normalized spacial score (nSPS) is 13.5. The first-order valence-electron chi connectivity index (χ1n) is 4.89. The number of benzene rings is 1. The van der Waals surface area contributed by atoms with Crippen LogP contribution >= 0.6 is 12.4 Å². The molecule has 0 unspecified atom stereocenters. The number of halogens is 1. The van der Waals surface area contributed by atoms with Gasteiger partial charge in [-0.15, -0.1) is 12.4 Å². The van der Waals surface area contributed by atoms with Crippen LogP contribution < -0.4 is 15.2 Å². The Hall–Kier alpha value is -1.17. The van der Waals surface area contributed by atoms with Crippen molar-refractivity contribution in [2.75, 3.05) is 14.2 Å². The molecule has 0 aliphatic rings. The lowest BCUT2D eigenvalue weighted by molar-refractivity contribution is 0.161. The van der Waals surface area contributed by atoms with E-state index in [9.17, 15) is 10.2 Å². The molecule has 1 aromatic carbocycles. The standard InChI is InChI=1S/C11H17NO4.ClH/c1-6(13)11(12)10-8(14)4-7(15-2)5-9(10)16-3;/h4-6,11,13-14H,12H2,1-3H3;1H/t6-,11-;/m0./s1. The van der Waals surface area contributed by atoms with E-state index in [0.29, 0.717) is 17.1 Å². The Morgan fingerprint density at radius 2 is 1.82 bits per heavy atom. The van der Waals surface area contributed by atoms with E-state index in [1.165, 1.54) is 20.3 Å². The number of ether oxygens (including phenoxy) is 2. The third-order valence-electron chi connectivity index (χ3n) is 2.40. The van der Waals surface area contributed by atoms with Crippen molar-refractivity contribution in [3.8, 4) is 17.2 Å². The predicted octanol–water partition coefficient (Wildman–Crippen LogP) is 1.21. The molecule has 0 aliphatic heterocycles. The Labute approximate surface area is 107 Å². The van der Waals surface area contributed by atoms with Crippen LogP contribution in [0.5, 0.6) is 17.2 Å². The van der Waals surface area contributed by atoms with Crippen LogP contribution in [0.1, 0.15) is 18.5 Å². The van der Waals surface area contributed by atoms with E-state index >= 15 is 0 Å². The molecule has 0 amide bonds. The highest BCUT2D eigenvalue weighted by molar-refractivity contribution is 5.85. The summed E-state index contributed by atoms with van der Waals surface area (Å²) in [5.41, 5.74) is 6.15. The fraction of sp³-hybridized carbons (Fsp3) is 0.455. The Bertz CT molecular complexity index is 371. The van der Waals surface area contributed by atoms with Crippen LogP contribution in [0.15, 0.2) is 12.1 Å². The minimum atomic E-state index is -0.784. The highest BCUT2D eigenvalue weighted by Crippen LogP contribution is 2.37. The van der Waals surface area contributed by atoms with Crippen molar-refractivity contribution >= 4 is 12.4 Å². The Kier molecular flexibility index (Phi) is 6.09. The summed E-state index contributed by atoms with van der Waals surface area (Å²) in [5.74, 6) is 0.811. The fourth-order valence-corrected chi connectivity index (χ4v) is 1.45. The smallest absolute Gasteiger partial charge is 0.131 e. The van der Waals surface area contributed by atoms with Crippen LogP contribution in [-0.4, -0.2) is 30.5 Å². The molecule has 0 aromatic heterocycles. The topological polar surface area (TPSA) is 84.9 Å². The summed E-state index contributed by atoms with van der Waals surface area (Å²) in [5, 5.41) is 19.2. The van der Waals surface area contributed by atoms with Gasteiger partial charge >= 0.3 is 0 Å². The molecule has 1 rings (SSSR count). The van der Waals surface area contributed by atoms with Crippen LogP contribution in [0.25, 0.3) is 0 Å². The average Bonchev–Trinajstić information content (AvgIpc) is 2.26. The van der Waals surface area contributed by atoms with Gasteiger partial charge in [0.25, 0.3) is 0 Å². The largest absolute Gasteiger partial charge is 0.507 e.